The Morgan fingerprint density at radius 1 is 1.04 bits per heavy atom. The van der Waals surface area contributed by atoms with Crippen LogP contribution < -0.4 is 10.2 Å². The first-order chi connectivity index (χ1) is 13.7. The van der Waals surface area contributed by atoms with Crippen LogP contribution in [0.4, 0.5) is 0 Å². The predicted molar refractivity (Wildman–Crippen MR) is 106 cm³/mol. The molecule has 0 atom stereocenters. The number of hydrogen-bond donors (Lipinski definition) is 0. The van der Waals surface area contributed by atoms with Crippen molar-refractivity contribution in [2.75, 3.05) is 6.73 Å². The molecule has 0 aliphatic carbocycles. The van der Waals surface area contributed by atoms with Crippen molar-refractivity contribution < 1.29 is 13.6 Å². The van der Waals surface area contributed by atoms with Crippen LogP contribution in [0.15, 0.2) is 74.7 Å². The second kappa shape index (κ2) is 6.86. The summed E-state index contributed by atoms with van der Waals surface area (Å²) in [5.41, 5.74) is 2.63. The minimum Gasteiger partial charge on any atom is -0.478 e. The fourth-order valence-electron chi connectivity index (χ4n) is 3.51. The second-order valence-corrected chi connectivity index (χ2v) is 7.18. The maximum absolute atomic E-state index is 13.1. The van der Waals surface area contributed by atoms with Crippen LogP contribution in [0.2, 0.25) is 5.02 Å². The van der Waals surface area contributed by atoms with E-state index in [1.54, 1.807) is 24.5 Å². The van der Waals surface area contributed by atoms with E-state index >= 15 is 0 Å². The largest absolute Gasteiger partial charge is 0.478 e. The third-order valence-electron chi connectivity index (χ3n) is 4.90. The molecule has 28 heavy (non-hydrogen) atoms. The highest BCUT2D eigenvalue weighted by Gasteiger charge is 2.23. The van der Waals surface area contributed by atoms with E-state index < -0.39 is 0 Å². The molecule has 4 aromatic rings. The van der Waals surface area contributed by atoms with Crippen LogP contribution in [0.1, 0.15) is 11.3 Å². The summed E-state index contributed by atoms with van der Waals surface area (Å²) in [4.78, 5) is 15.2. The monoisotopic (exact) mass is 393 g/mol. The number of benzene rings is 2. The Morgan fingerprint density at radius 2 is 1.89 bits per heavy atom. The minimum absolute atomic E-state index is 0.0745. The topological polar surface area (TPSA) is 55.8 Å². The van der Waals surface area contributed by atoms with Crippen LogP contribution in [0.25, 0.3) is 22.1 Å². The number of hydrogen-bond acceptors (Lipinski definition) is 5. The van der Waals surface area contributed by atoms with E-state index in [9.17, 15) is 4.79 Å². The third kappa shape index (κ3) is 2.99. The van der Waals surface area contributed by atoms with Crippen molar-refractivity contribution in [1.29, 1.82) is 0 Å². The van der Waals surface area contributed by atoms with Gasteiger partial charge < -0.3 is 13.6 Å². The van der Waals surface area contributed by atoms with Gasteiger partial charge in [0, 0.05) is 11.6 Å². The lowest BCUT2D eigenvalue weighted by Crippen LogP contribution is -2.31. The second-order valence-electron chi connectivity index (χ2n) is 6.74. The number of nitrogens with zero attached hydrogens (tertiary/aromatic N) is 1. The lowest BCUT2D eigenvalue weighted by molar-refractivity contribution is 0.0826. The predicted octanol–water partition coefficient (Wildman–Crippen LogP) is 5.06. The molecule has 3 heterocycles. The molecular weight excluding hydrogens is 378 g/mol. The molecule has 0 radical (unpaired) electrons. The maximum atomic E-state index is 13.1. The van der Waals surface area contributed by atoms with Gasteiger partial charge in [0.15, 0.2) is 0 Å². The van der Waals surface area contributed by atoms with Gasteiger partial charge in [-0.1, -0.05) is 23.7 Å². The van der Waals surface area contributed by atoms with E-state index in [2.05, 4.69) is 4.90 Å². The normalized spacial score (nSPS) is 14.0. The van der Waals surface area contributed by atoms with E-state index in [0.717, 1.165) is 22.6 Å². The van der Waals surface area contributed by atoms with Gasteiger partial charge in [0.25, 0.3) is 0 Å². The Bertz CT molecular complexity index is 1200. The lowest BCUT2D eigenvalue weighted by Gasteiger charge is -2.28. The standard InChI is InChI=1S/C22H16ClNO4/c23-15-5-3-14(4-6-15)19-12-27-22-17(21(19)25)7-8-20-18(22)11-24(13-28-20)10-16-2-1-9-26-16/h1-9,12H,10-11,13H2. The number of rotatable bonds is 3. The summed E-state index contributed by atoms with van der Waals surface area (Å²) in [6, 6.07) is 14.5. The van der Waals surface area contributed by atoms with Gasteiger partial charge in [-0.3, -0.25) is 9.69 Å². The van der Waals surface area contributed by atoms with Crippen molar-refractivity contribution in [3.05, 3.63) is 87.6 Å². The molecule has 1 aliphatic rings. The van der Waals surface area contributed by atoms with Crippen molar-refractivity contribution in [3.63, 3.8) is 0 Å². The van der Waals surface area contributed by atoms with E-state index in [1.165, 1.54) is 6.26 Å². The molecule has 2 aromatic carbocycles. The zero-order valence-electron chi connectivity index (χ0n) is 14.9. The fourth-order valence-corrected chi connectivity index (χ4v) is 3.63. The quantitative estimate of drug-likeness (QED) is 0.487. The zero-order chi connectivity index (χ0) is 19.1. The van der Waals surface area contributed by atoms with Gasteiger partial charge >= 0.3 is 0 Å². The van der Waals surface area contributed by atoms with E-state index in [1.807, 2.05) is 30.3 Å². The Labute approximate surface area is 165 Å². The molecule has 140 valence electrons. The third-order valence-corrected chi connectivity index (χ3v) is 5.15. The van der Waals surface area contributed by atoms with Crippen LogP contribution in [0.5, 0.6) is 5.75 Å². The Balaban J connectivity index is 1.55. The first kappa shape index (κ1) is 17.1. The summed E-state index contributed by atoms with van der Waals surface area (Å²) in [7, 11) is 0. The van der Waals surface area contributed by atoms with E-state index in [-0.39, 0.29) is 5.43 Å². The average molecular weight is 394 g/mol. The van der Waals surface area contributed by atoms with Crippen molar-refractivity contribution >= 4 is 22.6 Å². The van der Waals surface area contributed by atoms with Gasteiger partial charge in [0.1, 0.15) is 30.1 Å². The van der Waals surface area contributed by atoms with Crippen LogP contribution >= 0.6 is 11.6 Å². The molecule has 6 heteroatoms. The summed E-state index contributed by atoms with van der Waals surface area (Å²) in [6.45, 7) is 1.68. The number of halogens is 1. The summed E-state index contributed by atoms with van der Waals surface area (Å²) in [5.74, 6) is 1.60. The molecule has 5 rings (SSSR count). The highest BCUT2D eigenvalue weighted by molar-refractivity contribution is 6.30. The molecule has 0 bridgehead atoms. The molecule has 0 fully saturated rings. The molecule has 5 nitrogen and oxygen atoms in total. The van der Waals surface area contributed by atoms with Crippen molar-refractivity contribution in [2.24, 2.45) is 0 Å². The van der Waals surface area contributed by atoms with E-state index in [4.69, 9.17) is 25.2 Å². The molecule has 0 saturated carbocycles. The molecular formula is C22H16ClNO4. The summed E-state index contributed by atoms with van der Waals surface area (Å²) >= 11 is 5.95. The van der Waals surface area contributed by atoms with Gasteiger partial charge in [0.05, 0.1) is 29.3 Å². The Hall–Kier alpha value is -3.02. The van der Waals surface area contributed by atoms with E-state index in [0.29, 0.717) is 41.4 Å². The first-order valence-electron chi connectivity index (χ1n) is 8.90. The summed E-state index contributed by atoms with van der Waals surface area (Å²) in [5, 5.41) is 1.16. The summed E-state index contributed by atoms with van der Waals surface area (Å²) in [6.07, 6.45) is 3.17. The van der Waals surface area contributed by atoms with Gasteiger partial charge in [-0.15, -0.1) is 0 Å². The maximum Gasteiger partial charge on any atom is 0.200 e. The highest BCUT2D eigenvalue weighted by Crippen LogP contribution is 2.33. The molecule has 2 aromatic heterocycles. The molecule has 0 unspecified atom stereocenters. The molecule has 0 saturated heterocycles. The van der Waals surface area contributed by atoms with Crippen molar-refractivity contribution in [2.45, 2.75) is 13.1 Å². The van der Waals surface area contributed by atoms with Crippen molar-refractivity contribution in [1.82, 2.24) is 4.90 Å². The van der Waals surface area contributed by atoms with Crippen LogP contribution in [0, 0.1) is 0 Å². The zero-order valence-corrected chi connectivity index (χ0v) is 15.6. The van der Waals surface area contributed by atoms with Crippen LogP contribution in [-0.4, -0.2) is 11.6 Å². The molecule has 0 N–H and O–H groups in total. The van der Waals surface area contributed by atoms with Gasteiger partial charge in [-0.05, 0) is 42.0 Å². The summed E-state index contributed by atoms with van der Waals surface area (Å²) < 4.78 is 17.2. The number of ether oxygens (including phenoxy) is 1. The highest BCUT2D eigenvalue weighted by atomic mass is 35.5. The van der Waals surface area contributed by atoms with Crippen LogP contribution in [-0.2, 0) is 13.1 Å². The van der Waals surface area contributed by atoms with Gasteiger partial charge in [-0.2, -0.15) is 0 Å². The Morgan fingerprint density at radius 3 is 2.68 bits per heavy atom. The van der Waals surface area contributed by atoms with Gasteiger partial charge in [0.2, 0.25) is 5.43 Å². The van der Waals surface area contributed by atoms with Crippen LogP contribution in [0.3, 0.4) is 0 Å². The number of fused-ring (bicyclic) bond motifs is 3. The average Bonchev–Trinajstić information content (AvgIpc) is 3.22. The molecule has 1 aliphatic heterocycles. The smallest absolute Gasteiger partial charge is 0.200 e. The first-order valence-corrected chi connectivity index (χ1v) is 9.28. The number of furan rings is 1. The van der Waals surface area contributed by atoms with Gasteiger partial charge in [-0.25, -0.2) is 0 Å². The van der Waals surface area contributed by atoms with Crippen molar-refractivity contribution in [3.8, 4) is 16.9 Å². The SMILES string of the molecule is O=c1c(-c2ccc(Cl)cc2)coc2c3c(ccc12)OCN(Cc1ccco1)C3. The Kier molecular flexibility index (Phi) is 4.19. The minimum atomic E-state index is -0.0745. The molecule has 0 amide bonds. The fraction of sp³-hybridized carbons (Fsp3) is 0.136. The molecule has 0 spiro atoms. The lowest BCUT2D eigenvalue weighted by atomic mass is 10.0.